The van der Waals surface area contributed by atoms with Crippen molar-refractivity contribution >= 4 is 21.5 Å². The van der Waals surface area contributed by atoms with Gasteiger partial charge in [0.2, 0.25) is 0 Å². The first-order chi connectivity index (χ1) is 8.93. The maximum absolute atomic E-state index is 5.60. The zero-order chi connectivity index (χ0) is 11.9. The van der Waals surface area contributed by atoms with Gasteiger partial charge < -0.3 is 4.74 Å². The molecule has 0 saturated heterocycles. The van der Waals surface area contributed by atoms with Crippen molar-refractivity contribution in [3.05, 3.63) is 66.4 Å². The lowest BCUT2D eigenvalue weighted by molar-refractivity contribution is 0.466. The van der Waals surface area contributed by atoms with Crippen LogP contribution in [0.25, 0.3) is 21.5 Å². The summed E-state index contributed by atoms with van der Waals surface area (Å²) in [5.74, 6) is 0.987. The summed E-state index contributed by atoms with van der Waals surface area (Å²) in [5.41, 5.74) is 1.30. The maximum Gasteiger partial charge on any atom is 0.130 e. The van der Waals surface area contributed by atoms with Gasteiger partial charge in [0.15, 0.2) is 0 Å². The topological polar surface area (TPSA) is 9.23 Å². The Morgan fingerprint density at radius 2 is 1.67 bits per heavy atom. The van der Waals surface area contributed by atoms with E-state index in [0.29, 0.717) is 0 Å². The average molecular weight is 232 g/mol. The van der Waals surface area contributed by atoms with Crippen molar-refractivity contribution in [1.82, 2.24) is 0 Å². The number of fused-ring (bicyclic) bond motifs is 5. The lowest BCUT2D eigenvalue weighted by atomic mass is 9.95. The molecule has 0 radical (unpaired) electrons. The van der Waals surface area contributed by atoms with Gasteiger partial charge in [0.25, 0.3) is 0 Å². The van der Waals surface area contributed by atoms with Crippen LogP contribution in [-0.2, 0) is 6.42 Å². The first-order valence-corrected chi connectivity index (χ1v) is 6.18. The third-order valence-corrected chi connectivity index (χ3v) is 3.59. The zero-order valence-electron chi connectivity index (χ0n) is 9.89. The molecule has 1 aliphatic rings. The molecule has 1 aliphatic heterocycles. The second-order valence-corrected chi connectivity index (χ2v) is 4.62. The van der Waals surface area contributed by atoms with Crippen molar-refractivity contribution in [3.8, 4) is 5.75 Å². The summed E-state index contributed by atoms with van der Waals surface area (Å²) in [5, 5.41) is 5.21. The van der Waals surface area contributed by atoms with Gasteiger partial charge in [-0.25, -0.2) is 0 Å². The molecule has 1 heteroatoms. The highest BCUT2D eigenvalue weighted by molar-refractivity contribution is 6.10. The maximum atomic E-state index is 5.60. The van der Waals surface area contributed by atoms with E-state index < -0.39 is 0 Å². The number of hydrogen-bond acceptors (Lipinski definition) is 1. The van der Waals surface area contributed by atoms with Crippen LogP contribution in [-0.4, -0.2) is 0 Å². The van der Waals surface area contributed by atoms with Crippen molar-refractivity contribution < 1.29 is 4.74 Å². The fourth-order valence-corrected chi connectivity index (χ4v) is 2.75. The summed E-state index contributed by atoms with van der Waals surface area (Å²) in [6.45, 7) is 0. The first-order valence-electron chi connectivity index (χ1n) is 6.18. The highest BCUT2D eigenvalue weighted by Crippen LogP contribution is 2.35. The summed E-state index contributed by atoms with van der Waals surface area (Å²) >= 11 is 0. The van der Waals surface area contributed by atoms with Crippen LogP contribution >= 0.6 is 0 Å². The summed E-state index contributed by atoms with van der Waals surface area (Å²) in [7, 11) is 0. The van der Waals surface area contributed by atoms with E-state index in [1.165, 1.54) is 27.1 Å². The first kappa shape index (κ1) is 9.72. The summed E-state index contributed by atoms with van der Waals surface area (Å²) in [6, 6.07) is 17.1. The Morgan fingerprint density at radius 1 is 0.833 bits per heavy atom. The fourth-order valence-electron chi connectivity index (χ4n) is 2.75. The van der Waals surface area contributed by atoms with Crippen LogP contribution in [0.15, 0.2) is 60.9 Å². The normalized spacial score (nSPS) is 13.6. The number of benzene rings is 3. The van der Waals surface area contributed by atoms with E-state index in [9.17, 15) is 0 Å². The van der Waals surface area contributed by atoms with Crippen LogP contribution in [0, 0.1) is 0 Å². The molecule has 0 bridgehead atoms. The van der Waals surface area contributed by atoms with Gasteiger partial charge in [-0.3, -0.25) is 0 Å². The Bertz CT molecular complexity index is 784. The molecule has 0 N–H and O–H groups in total. The quantitative estimate of drug-likeness (QED) is 0.520. The van der Waals surface area contributed by atoms with Gasteiger partial charge in [-0.15, -0.1) is 0 Å². The minimum absolute atomic E-state index is 0.945. The molecule has 0 unspecified atom stereocenters. The average Bonchev–Trinajstić information content (AvgIpc) is 2.46. The zero-order valence-corrected chi connectivity index (χ0v) is 9.89. The van der Waals surface area contributed by atoms with E-state index in [2.05, 4.69) is 54.6 Å². The monoisotopic (exact) mass is 232 g/mol. The molecule has 86 valence electrons. The molecule has 3 aromatic rings. The molecule has 0 aromatic heterocycles. The third-order valence-electron chi connectivity index (χ3n) is 3.59. The SMILES string of the molecule is C1=COc2ccc3ccc4ccccc4c3c2C1. The Morgan fingerprint density at radius 3 is 2.67 bits per heavy atom. The van der Waals surface area contributed by atoms with Crippen LogP contribution < -0.4 is 4.74 Å². The molecule has 0 amide bonds. The molecule has 4 rings (SSSR count). The van der Waals surface area contributed by atoms with E-state index in [1.54, 1.807) is 6.26 Å². The highest BCUT2D eigenvalue weighted by Gasteiger charge is 2.12. The molecule has 0 fully saturated rings. The van der Waals surface area contributed by atoms with Crippen molar-refractivity contribution in [3.63, 3.8) is 0 Å². The summed E-state index contributed by atoms with van der Waals surface area (Å²) in [4.78, 5) is 0. The van der Waals surface area contributed by atoms with E-state index in [4.69, 9.17) is 4.74 Å². The number of allylic oxidation sites excluding steroid dienone is 1. The molecule has 3 aromatic carbocycles. The molecule has 1 heterocycles. The largest absolute Gasteiger partial charge is 0.465 e. The van der Waals surface area contributed by atoms with E-state index in [-0.39, 0.29) is 0 Å². The van der Waals surface area contributed by atoms with E-state index in [0.717, 1.165) is 12.2 Å². The number of hydrogen-bond donors (Lipinski definition) is 0. The highest BCUT2D eigenvalue weighted by atomic mass is 16.5. The Balaban J connectivity index is 2.23. The van der Waals surface area contributed by atoms with Crippen molar-refractivity contribution in [1.29, 1.82) is 0 Å². The number of ether oxygens (including phenoxy) is 1. The Labute approximate surface area is 105 Å². The predicted molar refractivity (Wildman–Crippen MR) is 74.9 cm³/mol. The Kier molecular flexibility index (Phi) is 1.95. The van der Waals surface area contributed by atoms with Gasteiger partial charge in [0, 0.05) is 5.56 Å². The molecule has 0 atom stereocenters. The number of rotatable bonds is 0. The standard InChI is InChI=1S/C17H12O/c1-2-5-14-12(4-1)7-8-13-9-10-16-15(17(13)14)6-3-11-18-16/h1-5,7-11H,6H2. The lowest BCUT2D eigenvalue weighted by Gasteiger charge is -2.15. The second kappa shape index (κ2) is 3.61. The van der Waals surface area contributed by atoms with Gasteiger partial charge in [-0.1, -0.05) is 42.5 Å². The molecule has 1 nitrogen and oxygen atoms in total. The molecular weight excluding hydrogens is 220 g/mol. The van der Waals surface area contributed by atoms with Crippen LogP contribution in [0.4, 0.5) is 0 Å². The summed E-state index contributed by atoms with van der Waals surface area (Å²) in [6.07, 6.45) is 4.80. The van der Waals surface area contributed by atoms with Gasteiger partial charge in [0.05, 0.1) is 6.26 Å². The van der Waals surface area contributed by atoms with Crippen LogP contribution in [0.1, 0.15) is 5.56 Å². The fraction of sp³-hybridized carbons (Fsp3) is 0.0588. The van der Waals surface area contributed by atoms with Crippen molar-refractivity contribution in [2.75, 3.05) is 0 Å². The second-order valence-electron chi connectivity index (χ2n) is 4.62. The van der Waals surface area contributed by atoms with E-state index >= 15 is 0 Å². The van der Waals surface area contributed by atoms with Crippen LogP contribution in [0.2, 0.25) is 0 Å². The van der Waals surface area contributed by atoms with Gasteiger partial charge >= 0.3 is 0 Å². The minimum atomic E-state index is 0.945. The predicted octanol–water partition coefficient (Wildman–Crippen LogP) is 4.44. The van der Waals surface area contributed by atoms with Crippen molar-refractivity contribution in [2.45, 2.75) is 6.42 Å². The van der Waals surface area contributed by atoms with Crippen LogP contribution in [0.3, 0.4) is 0 Å². The molecule has 0 aliphatic carbocycles. The van der Waals surface area contributed by atoms with Crippen molar-refractivity contribution in [2.24, 2.45) is 0 Å². The van der Waals surface area contributed by atoms with E-state index in [1.807, 2.05) is 0 Å². The Hall–Kier alpha value is -2.28. The third kappa shape index (κ3) is 1.28. The van der Waals surface area contributed by atoms with Gasteiger partial charge in [-0.2, -0.15) is 0 Å². The van der Waals surface area contributed by atoms with Gasteiger partial charge in [0.1, 0.15) is 5.75 Å². The van der Waals surface area contributed by atoms with Crippen LogP contribution in [0.5, 0.6) is 5.75 Å². The smallest absolute Gasteiger partial charge is 0.130 e. The summed E-state index contributed by atoms with van der Waals surface area (Å²) < 4.78 is 5.60. The van der Waals surface area contributed by atoms with Gasteiger partial charge in [-0.05, 0) is 40.1 Å². The molecule has 0 saturated carbocycles. The minimum Gasteiger partial charge on any atom is -0.465 e. The molecule has 0 spiro atoms. The molecular formula is C17H12O. The molecule has 18 heavy (non-hydrogen) atoms. The lowest BCUT2D eigenvalue weighted by Crippen LogP contribution is -1.97.